The molecule has 0 saturated carbocycles. The van der Waals surface area contributed by atoms with Gasteiger partial charge in [-0.05, 0) is 18.2 Å². The molecule has 0 saturated heterocycles. The summed E-state index contributed by atoms with van der Waals surface area (Å²) < 4.78 is 19.1. The van der Waals surface area contributed by atoms with Crippen LogP contribution in [0.5, 0.6) is 11.8 Å². The quantitative estimate of drug-likeness (QED) is 0.642. The topological polar surface area (TPSA) is 78.2 Å². The summed E-state index contributed by atoms with van der Waals surface area (Å²) >= 11 is 3.16. The van der Waals surface area contributed by atoms with E-state index in [4.69, 9.17) is 4.74 Å². The molecule has 92 valence electrons. The molecular formula is C10H5BrFN3O3. The van der Waals surface area contributed by atoms with E-state index in [1.807, 2.05) is 0 Å². The Bertz CT molecular complexity index is 591. The third-order valence-corrected chi connectivity index (χ3v) is 2.41. The molecule has 8 heteroatoms. The number of hydrogen-bond acceptors (Lipinski definition) is 5. The van der Waals surface area contributed by atoms with E-state index in [0.717, 1.165) is 12.4 Å². The van der Waals surface area contributed by atoms with Gasteiger partial charge in [-0.1, -0.05) is 15.9 Å². The molecule has 0 N–H and O–H groups in total. The number of halogens is 2. The Balaban J connectivity index is 2.23. The van der Waals surface area contributed by atoms with E-state index < -0.39 is 10.7 Å². The summed E-state index contributed by atoms with van der Waals surface area (Å²) in [6, 6.07) is 3.96. The van der Waals surface area contributed by atoms with Gasteiger partial charge >= 0.3 is 11.7 Å². The fraction of sp³-hybridized carbons (Fsp3) is 0. The average molecular weight is 314 g/mol. The lowest BCUT2D eigenvalue weighted by Gasteiger charge is -2.04. The Kier molecular flexibility index (Phi) is 3.47. The zero-order chi connectivity index (χ0) is 13.1. The van der Waals surface area contributed by atoms with Crippen LogP contribution in [-0.2, 0) is 0 Å². The molecule has 1 aromatic carbocycles. The summed E-state index contributed by atoms with van der Waals surface area (Å²) in [6.45, 7) is 0. The standard InChI is InChI=1S/C10H5BrFN3O3/c11-6-1-2-8(12)9(3-6)18-10-13-4-7(5-14-10)15(16)17/h1-5H. The molecule has 0 aliphatic heterocycles. The van der Waals surface area contributed by atoms with Gasteiger partial charge < -0.3 is 4.74 Å². The molecule has 2 aromatic rings. The lowest BCUT2D eigenvalue weighted by Crippen LogP contribution is -1.96. The summed E-state index contributed by atoms with van der Waals surface area (Å²) in [5, 5.41) is 10.4. The van der Waals surface area contributed by atoms with Crippen LogP contribution in [0.2, 0.25) is 0 Å². The van der Waals surface area contributed by atoms with E-state index in [1.165, 1.54) is 18.2 Å². The van der Waals surface area contributed by atoms with Crippen LogP contribution >= 0.6 is 15.9 Å². The van der Waals surface area contributed by atoms with E-state index in [1.54, 1.807) is 0 Å². The first-order valence-electron chi connectivity index (χ1n) is 4.65. The summed E-state index contributed by atoms with van der Waals surface area (Å²) in [5.41, 5.74) is -0.267. The SMILES string of the molecule is O=[N+]([O-])c1cnc(Oc2cc(Br)ccc2F)nc1. The van der Waals surface area contributed by atoms with Gasteiger partial charge in [0.25, 0.3) is 0 Å². The molecule has 0 amide bonds. The van der Waals surface area contributed by atoms with Gasteiger partial charge in [-0.2, -0.15) is 9.97 Å². The van der Waals surface area contributed by atoms with Crippen molar-refractivity contribution in [2.24, 2.45) is 0 Å². The highest BCUT2D eigenvalue weighted by Gasteiger charge is 2.10. The van der Waals surface area contributed by atoms with Crippen molar-refractivity contribution in [2.75, 3.05) is 0 Å². The molecule has 1 aromatic heterocycles. The molecule has 0 fully saturated rings. The molecule has 0 aliphatic rings. The van der Waals surface area contributed by atoms with E-state index in [0.29, 0.717) is 4.47 Å². The number of aromatic nitrogens is 2. The lowest BCUT2D eigenvalue weighted by molar-refractivity contribution is -0.385. The number of nitrogens with zero attached hydrogens (tertiary/aromatic N) is 3. The maximum Gasteiger partial charge on any atom is 0.322 e. The molecule has 0 spiro atoms. The zero-order valence-electron chi connectivity index (χ0n) is 8.71. The van der Waals surface area contributed by atoms with E-state index in [9.17, 15) is 14.5 Å². The van der Waals surface area contributed by atoms with Crippen LogP contribution in [0.1, 0.15) is 0 Å². The van der Waals surface area contributed by atoms with Crippen LogP contribution in [0.4, 0.5) is 10.1 Å². The normalized spacial score (nSPS) is 10.1. The second kappa shape index (κ2) is 5.05. The third kappa shape index (κ3) is 2.77. The first-order valence-corrected chi connectivity index (χ1v) is 5.45. The summed E-state index contributed by atoms with van der Waals surface area (Å²) in [6.07, 6.45) is 1.97. The predicted molar refractivity (Wildman–Crippen MR) is 62.9 cm³/mol. The second-order valence-electron chi connectivity index (χ2n) is 3.16. The van der Waals surface area contributed by atoms with Crippen molar-refractivity contribution in [3.63, 3.8) is 0 Å². The van der Waals surface area contributed by atoms with Gasteiger partial charge in [0.1, 0.15) is 12.4 Å². The summed E-state index contributed by atoms with van der Waals surface area (Å²) in [5.74, 6) is -0.654. The molecule has 6 nitrogen and oxygen atoms in total. The van der Waals surface area contributed by atoms with Gasteiger partial charge in [0.05, 0.1) is 4.92 Å². The minimum atomic E-state index is -0.635. The molecular weight excluding hydrogens is 309 g/mol. The smallest absolute Gasteiger partial charge is 0.322 e. The van der Waals surface area contributed by atoms with Gasteiger partial charge in [0.15, 0.2) is 11.6 Å². The van der Waals surface area contributed by atoms with Crippen LogP contribution in [0, 0.1) is 15.9 Å². The van der Waals surface area contributed by atoms with Crippen LogP contribution < -0.4 is 4.74 Å². The molecule has 0 atom stereocenters. The number of hydrogen-bond donors (Lipinski definition) is 0. The Morgan fingerprint density at radius 2 is 2.00 bits per heavy atom. The van der Waals surface area contributed by atoms with Crippen LogP contribution in [-0.4, -0.2) is 14.9 Å². The number of benzene rings is 1. The van der Waals surface area contributed by atoms with Gasteiger partial charge in [0, 0.05) is 4.47 Å². The Morgan fingerprint density at radius 3 is 2.61 bits per heavy atom. The second-order valence-corrected chi connectivity index (χ2v) is 4.07. The maximum atomic E-state index is 13.4. The zero-order valence-corrected chi connectivity index (χ0v) is 10.3. The molecule has 18 heavy (non-hydrogen) atoms. The van der Waals surface area contributed by atoms with Crippen molar-refractivity contribution in [3.8, 4) is 11.8 Å². The van der Waals surface area contributed by atoms with Gasteiger partial charge in [-0.25, -0.2) is 4.39 Å². The molecule has 0 aliphatic carbocycles. The minimum absolute atomic E-state index is 0.0711. The van der Waals surface area contributed by atoms with Gasteiger partial charge in [-0.15, -0.1) is 0 Å². The number of ether oxygens (including phenoxy) is 1. The molecule has 0 unspecified atom stereocenters. The number of nitro groups is 1. The van der Waals surface area contributed by atoms with Crippen LogP contribution in [0.15, 0.2) is 35.1 Å². The van der Waals surface area contributed by atoms with Crippen molar-refractivity contribution >= 4 is 21.6 Å². The summed E-state index contributed by atoms with van der Waals surface area (Å²) in [4.78, 5) is 17.0. The molecule has 0 radical (unpaired) electrons. The van der Waals surface area contributed by atoms with Crippen molar-refractivity contribution in [1.82, 2.24) is 9.97 Å². The van der Waals surface area contributed by atoms with Crippen molar-refractivity contribution in [3.05, 3.63) is 51.0 Å². The monoisotopic (exact) mass is 313 g/mol. The first kappa shape index (κ1) is 12.4. The molecule has 0 bridgehead atoms. The van der Waals surface area contributed by atoms with Crippen LogP contribution in [0.3, 0.4) is 0 Å². The molecule has 2 rings (SSSR count). The van der Waals surface area contributed by atoms with E-state index in [2.05, 4.69) is 25.9 Å². The van der Waals surface area contributed by atoms with Crippen LogP contribution in [0.25, 0.3) is 0 Å². The van der Waals surface area contributed by atoms with E-state index in [-0.39, 0.29) is 17.4 Å². The fourth-order valence-corrected chi connectivity index (χ4v) is 1.45. The fourth-order valence-electron chi connectivity index (χ4n) is 1.11. The maximum absolute atomic E-state index is 13.4. The minimum Gasteiger partial charge on any atom is -0.421 e. The van der Waals surface area contributed by atoms with Gasteiger partial charge in [0.2, 0.25) is 0 Å². The highest BCUT2D eigenvalue weighted by molar-refractivity contribution is 9.10. The Hall–Kier alpha value is -2.09. The highest BCUT2D eigenvalue weighted by atomic mass is 79.9. The first-order chi connectivity index (χ1) is 8.56. The van der Waals surface area contributed by atoms with Crippen molar-refractivity contribution in [2.45, 2.75) is 0 Å². The van der Waals surface area contributed by atoms with Crippen molar-refractivity contribution in [1.29, 1.82) is 0 Å². The van der Waals surface area contributed by atoms with Crippen molar-refractivity contribution < 1.29 is 14.1 Å². The lowest BCUT2D eigenvalue weighted by atomic mass is 10.3. The largest absolute Gasteiger partial charge is 0.421 e. The Labute approximate surface area is 109 Å². The average Bonchev–Trinajstić information content (AvgIpc) is 2.34. The van der Waals surface area contributed by atoms with Gasteiger partial charge in [-0.3, -0.25) is 10.1 Å². The predicted octanol–water partition coefficient (Wildman–Crippen LogP) is 3.08. The number of rotatable bonds is 3. The molecule has 1 heterocycles. The summed E-state index contributed by atoms with van der Waals surface area (Å²) in [7, 11) is 0. The Morgan fingerprint density at radius 1 is 1.33 bits per heavy atom. The third-order valence-electron chi connectivity index (χ3n) is 1.92. The van der Waals surface area contributed by atoms with E-state index >= 15 is 0 Å². The highest BCUT2D eigenvalue weighted by Crippen LogP contribution is 2.25.